The highest BCUT2D eigenvalue weighted by Gasteiger charge is 2.44. The maximum absolute atomic E-state index is 12.3. The van der Waals surface area contributed by atoms with Gasteiger partial charge in [-0.3, -0.25) is 14.6 Å². The van der Waals surface area contributed by atoms with Crippen LogP contribution in [0.5, 0.6) is 0 Å². The Labute approximate surface area is 148 Å². The van der Waals surface area contributed by atoms with Gasteiger partial charge in [-0.15, -0.1) is 0 Å². The molecule has 2 fully saturated rings. The standard InChI is InChI=1S/C17H28N6O2/c1-12-18-13(2)23(20-12)11-14-7-5-6-8-21(14)9-10-22-15(24)17(3,4)19-16(22)25/h14H,5-11H2,1-4H3,(H,19,25)/t14-/m0/s1. The van der Waals surface area contributed by atoms with Crippen molar-refractivity contribution >= 4 is 11.9 Å². The summed E-state index contributed by atoms with van der Waals surface area (Å²) in [5, 5.41) is 7.21. The molecular weight excluding hydrogens is 320 g/mol. The molecule has 3 rings (SSSR count). The fourth-order valence-corrected chi connectivity index (χ4v) is 3.74. The maximum atomic E-state index is 12.3. The predicted molar refractivity (Wildman–Crippen MR) is 93.0 cm³/mol. The Hall–Kier alpha value is -1.96. The van der Waals surface area contributed by atoms with Crippen LogP contribution in [0.3, 0.4) is 0 Å². The van der Waals surface area contributed by atoms with E-state index in [1.165, 1.54) is 11.3 Å². The first-order valence-electron chi connectivity index (χ1n) is 9.04. The molecule has 2 aliphatic rings. The van der Waals surface area contributed by atoms with Gasteiger partial charge in [-0.1, -0.05) is 6.42 Å². The number of rotatable bonds is 5. The predicted octanol–water partition coefficient (Wildman–Crippen LogP) is 1.08. The van der Waals surface area contributed by atoms with Gasteiger partial charge in [0.05, 0.1) is 6.54 Å². The number of imide groups is 1. The summed E-state index contributed by atoms with van der Waals surface area (Å²) in [7, 11) is 0. The second-order valence-electron chi connectivity index (χ2n) is 7.59. The van der Waals surface area contributed by atoms with E-state index in [4.69, 9.17) is 0 Å². The number of likely N-dealkylation sites (tertiary alicyclic amines) is 1. The minimum Gasteiger partial charge on any atom is -0.324 e. The smallest absolute Gasteiger partial charge is 0.324 e. The van der Waals surface area contributed by atoms with E-state index in [0.29, 0.717) is 19.1 Å². The van der Waals surface area contributed by atoms with Crippen molar-refractivity contribution < 1.29 is 9.59 Å². The zero-order valence-corrected chi connectivity index (χ0v) is 15.6. The van der Waals surface area contributed by atoms with Crippen molar-refractivity contribution in [1.29, 1.82) is 0 Å². The number of hydrogen-bond acceptors (Lipinski definition) is 5. The van der Waals surface area contributed by atoms with E-state index in [-0.39, 0.29) is 11.9 Å². The van der Waals surface area contributed by atoms with E-state index >= 15 is 0 Å². The first-order valence-corrected chi connectivity index (χ1v) is 9.04. The van der Waals surface area contributed by atoms with Gasteiger partial charge in [0.25, 0.3) is 5.91 Å². The molecule has 1 aromatic heterocycles. The number of hydrogen-bond donors (Lipinski definition) is 1. The van der Waals surface area contributed by atoms with Crippen LogP contribution >= 0.6 is 0 Å². The minimum atomic E-state index is -0.798. The number of nitrogens with one attached hydrogen (secondary N) is 1. The van der Waals surface area contributed by atoms with Crippen molar-refractivity contribution in [3.05, 3.63) is 11.6 Å². The number of nitrogens with zero attached hydrogens (tertiary/aromatic N) is 5. The van der Waals surface area contributed by atoms with Crippen LogP contribution in [0.15, 0.2) is 0 Å². The lowest BCUT2D eigenvalue weighted by atomic mass is 10.0. The van der Waals surface area contributed by atoms with E-state index < -0.39 is 5.54 Å². The first-order chi connectivity index (χ1) is 11.8. The second-order valence-corrected chi connectivity index (χ2v) is 7.59. The molecule has 0 aromatic carbocycles. The summed E-state index contributed by atoms with van der Waals surface area (Å²) in [6.45, 7) is 10.3. The van der Waals surface area contributed by atoms with Crippen molar-refractivity contribution in [2.45, 2.75) is 65.1 Å². The average molecular weight is 348 g/mol. The Balaban J connectivity index is 1.63. The van der Waals surface area contributed by atoms with Gasteiger partial charge in [-0.2, -0.15) is 5.10 Å². The molecule has 1 aromatic rings. The number of carbonyl (C=O) groups excluding carboxylic acids is 2. The molecule has 8 nitrogen and oxygen atoms in total. The number of aromatic nitrogens is 3. The molecular formula is C17H28N6O2. The van der Waals surface area contributed by atoms with Crippen molar-refractivity contribution in [2.24, 2.45) is 0 Å². The van der Waals surface area contributed by atoms with Crippen LogP contribution in [-0.4, -0.2) is 67.7 Å². The summed E-state index contributed by atoms with van der Waals surface area (Å²) in [4.78, 5) is 32.5. The van der Waals surface area contributed by atoms with Crippen LogP contribution in [0, 0.1) is 13.8 Å². The highest BCUT2D eigenvalue weighted by molar-refractivity contribution is 6.06. The number of carbonyl (C=O) groups is 2. The van der Waals surface area contributed by atoms with Crippen molar-refractivity contribution in [1.82, 2.24) is 29.9 Å². The molecule has 1 atom stereocenters. The van der Waals surface area contributed by atoms with E-state index in [2.05, 4.69) is 20.3 Å². The second kappa shape index (κ2) is 6.74. The summed E-state index contributed by atoms with van der Waals surface area (Å²) >= 11 is 0. The molecule has 0 bridgehead atoms. The minimum absolute atomic E-state index is 0.145. The van der Waals surface area contributed by atoms with Crippen LogP contribution in [0.25, 0.3) is 0 Å². The van der Waals surface area contributed by atoms with Gasteiger partial charge in [0.1, 0.15) is 17.2 Å². The molecule has 0 spiro atoms. The Morgan fingerprint density at radius 2 is 1.96 bits per heavy atom. The zero-order valence-electron chi connectivity index (χ0n) is 15.6. The van der Waals surface area contributed by atoms with E-state index in [9.17, 15) is 9.59 Å². The topological polar surface area (TPSA) is 83.4 Å². The fraction of sp³-hybridized carbons (Fsp3) is 0.765. The first kappa shape index (κ1) is 17.8. The molecule has 2 aliphatic heterocycles. The Morgan fingerprint density at radius 3 is 2.56 bits per heavy atom. The van der Waals surface area contributed by atoms with Crippen LogP contribution in [0.4, 0.5) is 4.79 Å². The van der Waals surface area contributed by atoms with Gasteiger partial charge in [-0.25, -0.2) is 14.5 Å². The summed E-state index contributed by atoms with van der Waals surface area (Å²) in [6, 6.07) is 0.0774. The summed E-state index contributed by atoms with van der Waals surface area (Å²) in [6.07, 6.45) is 3.45. The summed E-state index contributed by atoms with van der Waals surface area (Å²) < 4.78 is 1.97. The third kappa shape index (κ3) is 3.68. The molecule has 2 saturated heterocycles. The highest BCUT2D eigenvalue weighted by Crippen LogP contribution is 2.20. The van der Waals surface area contributed by atoms with Crippen LogP contribution in [0.1, 0.15) is 44.8 Å². The van der Waals surface area contributed by atoms with Crippen molar-refractivity contribution in [3.63, 3.8) is 0 Å². The normalized spacial score (nSPS) is 24.0. The number of amides is 3. The van der Waals surface area contributed by atoms with E-state index in [0.717, 1.165) is 37.6 Å². The third-order valence-electron chi connectivity index (χ3n) is 5.15. The van der Waals surface area contributed by atoms with Gasteiger partial charge < -0.3 is 5.32 Å². The molecule has 8 heteroatoms. The SMILES string of the molecule is Cc1nc(C)n(C[C@@H]2CCCCN2CCN2C(=O)NC(C)(C)C2=O)n1. The molecule has 138 valence electrons. The molecule has 3 heterocycles. The molecule has 0 aliphatic carbocycles. The highest BCUT2D eigenvalue weighted by atomic mass is 16.2. The monoisotopic (exact) mass is 348 g/mol. The Morgan fingerprint density at radius 1 is 1.20 bits per heavy atom. The molecule has 0 radical (unpaired) electrons. The van der Waals surface area contributed by atoms with Crippen molar-refractivity contribution in [3.8, 4) is 0 Å². The van der Waals surface area contributed by atoms with Gasteiger partial charge in [-0.05, 0) is 47.1 Å². The lowest BCUT2D eigenvalue weighted by molar-refractivity contribution is -0.130. The van der Waals surface area contributed by atoms with Gasteiger partial charge in [0.15, 0.2) is 0 Å². The van der Waals surface area contributed by atoms with Gasteiger partial charge in [0, 0.05) is 19.1 Å². The lowest BCUT2D eigenvalue weighted by Gasteiger charge is -2.36. The number of urea groups is 1. The summed E-state index contributed by atoms with van der Waals surface area (Å²) in [5.41, 5.74) is -0.798. The Bertz CT molecular complexity index is 668. The molecule has 25 heavy (non-hydrogen) atoms. The Kier molecular flexibility index (Phi) is 4.81. The van der Waals surface area contributed by atoms with Gasteiger partial charge >= 0.3 is 6.03 Å². The van der Waals surface area contributed by atoms with Gasteiger partial charge in [0.2, 0.25) is 0 Å². The average Bonchev–Trinajstić information content (AvgIpc) is 2.95. The molecule has 3 amide bonds. The molecule has 0 unspecified atom stereocenters. The lowest BCUT2D eigenvalue weighted by Crippen LogP contribution is -2.47. The third-order valence-corrected chi connectivity index (χ3v) is 5.15. The largest absolute Gasteiger partial charge is 0.325 e. The quantitative estimate of drug-likeness (QED) is 0.805. The van der Waals surface area contributed by atoms with E-state index in [1.54, 1.807) is 13.8 Å². The zero-order chi connectivity index (χ0) is 18.2. The number of piperidine rings is 1. The van der Waals surface area contributed by atoms with E-state index in [1.807, 2.05) is 18.5 Å². The molecule has 0 saturated carbocycles. The fourth-order valence-electron chi connectivity index (χ4n) is 3.74. The summed E-state index contributed by atoms with van der Waals surface area (Å²) in [5.74, 6) is 1.58. The van der Waals surface area contributed by atoms with Crippen LogP contribution in [-0.2, 0) is 11.3 Å². The molecule has 1 N–H and O–H groups in total. The number of aryl methyl sites for hydroxylation is 2. The van der Waals surface area contributed by atoms with Crippen molar-refractivity contribution in [2.75, 3.05) is 19.6 Å². The maximum Gasteiger partial charge on any atom is 0.325 e. The van der Waals surface area contributed by atoms with Crippen LogP contribution < -0.4 is 5.32 Å². The van der Waals surface area contributed by atoms with Crippen LogP contribution in [0.2, 0.25) is 0 Å².